The maximum atomic E-state index is 6.28. The fourth-order valence-corrected chi connectivity index (χ4v) is 6.14. The Hall–Kier alpha value is -5.60. The lowest BCUT2D eigenvalue weighted by molar-refractivity contribution is 0.669. The van der Waals surface area contributed by atoms with E-state index in [-0.39, 0.29) is 0 Å². The molecule has 0 aliphatic heterocycles. The number of furan rings is 1. The third-order valence-electron chi connectivity index (χ3n) is 8.08. The molecule has 0 unspecified atom stereocenters. The summed E-state index contributed by atoms with van der Waals surface area (Å²) in [4.78, 5) is 2.40. The van der Waals surface area contributed by atoms with Gasteiger partial charge in [0.1, 0.15) is 11.2 Å². The van der Waals surface area contributed by atoms with Gasteiger partial charge >= 0.3 is 0 Å². The normalized spacial score (nSPS) is 11.3. The Labute approximate surface area is 244 Å². The molecule has 0 radical (unpaired) electrons. The zero-order valence-corrected chi connectivity index (χ0v) is 22.9. The highest BCUT2D eigenvalue weighted by Crippen LogP contribution is 2.46. The molecule has 0 N–H and O–H groups in total. The van der Waals surface area contributed by atoms with E-state index in [2.05, 4.69) is 157 Å². The molecule has 8 rings (SSSR count). The van der Waals surface area contributed by atoms with Crippen LogP contribution in [-0.2, 0) is 0 Å². The molecule has 2 heteroatoms. The summed E-state index contributed by atoms with van der Waals surface area (Å²) in [5.41, 5.74) is 9.85. The maximum absolute atomic E-state index is 6.28. The lowest BCUT2D eigenvalue weighted by Crippen LogP contribution is -2.11. The van der Waals surface area contributed by atoms with Crippen LogP contribution in [0, 0.1) is 0 Å². The minimum absolute atomic E-state index is 0.896. The third-order valence-corrected chi connectivity index (χ3v) is 8.08. The molecule has 0 aliphatic carbocycles. The van der Waals surface area contributed by atoms with Crippen molar-refractivity contribution in [3.8, 4) is 22.3 Å². The third kappa shape index (κ3) is 4.05. The predicted octanol–water partition coefficient (Wildman–Crippen LogP) is 11.5. The molecular formula is C40H27NO. The smallest absolute Gasteiger partial charge is 0.136 e. The molecule has 0 amide bonds. The summed E-state index contributed by atoms with van der Waals surface area (Å²) >= 11 is 0. The Balaban J connectivity index is 1.38. The van der Waals surface area contributed by atoms with Gasteiger partial charge in [-0.3, -0.25) is 0 Å². The minimum atomic E-state index is 0.896. The van der Waals surface area contributed by atoms with Gasteiger partial charge < -0.3 is 9.32 Å². The zero-order chi connectivity index (χ0) is 27.9. The average molecular weight is 538 g/mol. The van der Waals surface area contributed by atoms with Crippen LogP contribution in [0.3, 0.4) is 0 Å². The van der Waals surface area contributed by atoms with Crippen LogP contribution in [0.1, 0.15) is 0 Å². The summed E-state index contributed by atoms with van der Waals surface area (Å²) in [6.45, 7) is 0. The van der Waals surface area contributed by atoms with E-state index in [1.54, 1.807) is 0 Å². The molecule has 0 atom stereocenters. The van der Waals surface area contributed by atoms with E-state index in [1.165, 1.54) is 21.9 Å². The van der Waals surface area contributed by atoms with Gasteiger partial charge in [0, 0.05) is 27.4 Å². The van der Waals surface area contributed by atoms with Crippen LogP contribution in [0.2, 0.25) is 0 Å². The Morgan fingerprint density at radius 3 is 1.86 bits per heavy atom. The van der Waals surface area contributed by atoms with Crippen molar-refractivity contribution in [1.82, 2.24) is 0 Å². The van der Waals surface area contributed by atoms with Crippen LogP contribution in [0.5, 0.6) is 0 Å². The predicted molar refractivity (Wildman–Crippen MR) is 177 cm³/mol. The largest absolute Gasteiger partial charge is 0.456 e. The van der Waals surface area contributed by atoms with Crippen molar-refractivity contribution in [1.29, 1.82) is 0 Å². The molecule has 1 heterocycles. The number of hydrogen-bond acceptors (Lipinski definition) is 2. The van der Waals surface area contributed by atoms with E-state index in [1.807, 2.05) is 12.1 Å². The van der Waals surface area contributed by atoms with Gasteiger partial charge in [-0.05, 0) is 58.5 Å². The van der Waals surface area contributed by atoms with Crippen LogP contribution in [-0.4, -0.2) is 0 Å². The lowest BCUT2D eigenvalue weighted by atomic mass is 9.96. The van der Waals surface area contributed by atoms with Crippen LogP contribution in [0.25, 0.3) is 55.0 Å². The summed E-state index contributed by atoms with van der Waals surface area (Å²) in [7, 11) is 0. The molecule has 0 saturated carbocycles. The van der Waals surface area contributed by atoms with Gasteiger partial charge in [0.25, 0.3) is 0 Å². The minimum Gasteiger partial charge on any atom is -0.456 e. The van der Waals surface area contributed by atoms with Crippen molar-refractivity contribution in [2.45, 2.75) is 0 Å². The van der Waals surface area contributed by atoms with Gasteiger partial charge in [-0.2, -0.15) is 0 Å². The van der Waals surface area contributed by atoms with Gasteiger partial charge in [0.2, 0.25) is 0 Å². The molecule has 0 saturated heterocycles. The zero-order valence-electron chi connectivity index (χ0n) is 22.9. The van der Waals surface area contributed by atoms with E-state index in [0.717, 1.165) is 50.1 Å². The highest BCUT2D eigenvalue weighted by Gasteiger charge is 2.21. The van der Waals surface area contributed by atoms with Crippen LogP contribution in [0.4, 0.5) is 17.1 Å². The topological polar surface area (TPSA) is 16.4 Å². The van der Waals surface area contributed by atoms with E-state index < -0.39 is 0 Å². The number of hydrogen-bond donors (Lipinski definition) is 0. The Morgan fingerprint density at radius 1 is 0.381 bits per heavy atom. The lowest BCUT2D eigenvalue weighted by Gasteiger charge is -2.29. The summed E-state index contributed by atoms with van der Waals surface area (Å²) in [5, 5.41) is 4.68. The van der Waals surface area contributed by atoms with E-state index in [4.69, 9.17) is 4.42 Å². The van der Waals surface area contributed by atoms with Crippen LogP contribution < -0.4 is 4.90 Å². The molecule has 7 aromatic carbocycles. The van der Waals surface area contributed by atoms with Gasteiger partial charge in [0.15, 0.2) is 0 Å². The quantitative estimate of drug-likeness (QED) is 0.217. The second-order valence-electron chi connectivity index (χ2n) is 10.5. The number of para-hydroxylation sites is 2. The van der Waals surface area contributed by atoms with Crippen LogP contribution in [0.15, 0.2) is 168 Å². The molecule has 198 valence electrons. The van der Waals surface area contributed by atoms with Gasteiger partial charge in [-0.15, -0.1) is 0 Å². The van der Waals surface area contributed by atoms with E-state index in [0.29, 0.717) is 0 Å². The van der Waals surface area contributed by atoms with Crippen molar-refractivity contribution >= 4 is 49.8 Å². The molecule has 0 aliphatic rings. The maximum Gasteiger partial charge on any atom is 0.136 e. The summed E-state index contributed by atoms with van der Waals surface area (Å²) in [6.07, 6.45) is 0. The molecular weight excluding hydrogens is 510 g/mol. The Bertz CT molecular complexity index is 2190. The fraction of sp³-hybridized carbons (Fsp3) is 0. The Kier molecular flexibility index (Phi) is 5.82. The van der Waals surface area contributed by atoms with E-state index >= 15 is 0 Å². The highest BCUT2D eigenvalue weighted by atomic mass is 16.3. The summed E-state index contributed by atoms with van der Waals surface area (Å²) in [5.74, 6) is 0. The second kappa shape index (κ2) is 10.1. The monoisotopic (exact) mass is 537 g/mol. The molecule has 8 aromatic rings. The summed E-state index contributed by atoms with van der Waals surface area (Å²) in [6, 6.07) is 58.0. The number of anilines is 3. The first kappa shape index (κ1) is 24.2. The first-order valence-corrected chi connectivity index (χ1v) is 14.3. The highest BCUT2D eigenvalue weighted by molar-refractivity contribution is 6.14. The van der Waals surface area contributed by atoms with Crippen molar-refractivity contribution in [3.05, 3.63) is 164 Å². The molecule has 0 fully saturated rings. The molecule has 0 spiro atoms. The average Bonchev–Trinajstić information content (AvgIpc) is 3.45. The number of fused-ring (bicyclic) bond motifs is 4. The molecule has 0 bridgehead atoms. The fourth-order valence-electron chi connectivity index (χ4n) is 6.14. The first-order chi connectivity index (χ1) is 20.8. The second-order valence-corrected chi connectivity index (χ2v) is 10.5. The number of nitrogens with zero attached hydrogens (tertiary/aromatic N) is 1. The number of rotatable bonds is 5. The number of benzene rings is 7. The summed E-state index contributed by atoms with van der Waals surface area (Å²) < 4.78 is 6.28. The van der Waals surface area contributed by atoms with Gasteiger partial charge in [-0.1, -0.05) is 127 Å². The molecule has 2 nitrogen and oxygen atoms in total. The molecule has 42 heavy (non-hydrogen) atoms. The van der Waals surface area contributed by atoms with Crippen molar-refractivity contribution in [3.63, 3.8) is 0 Å². The van der Waals surface area contributed by atoms with Crippen molar-refractivity contribution in [2.75, 3.05) is 4.90 Å². The van der Waals surface area contributed by atoms with Gasteiger partial charge in [-0.25, -0.2) is 0 Å². The standard InChI is InChI=1S/C40H27NO/c1-2-12-28(13-3-1)29-24-26-31(27-25-29)41(36-21-10-15-30-14-4-5-16-32(30)36)37-20-8-6-17-33(37)34-19-11-23-39-40(34)35-18-7-9-22-38(35)42-39/h1-27H. The SMILES string of the molecule is c1ccc(-c2ccc(N(c3ccccc3-c3cccc4oc5ccccc5c34)c3cccc4ccccc34)cc2)cc1. The van der Waals surface area contributed by atoms with Gasteiger partial charge in [0.05, 0.1) is 11.4 Å². The molecule has 1 aromatic heterocycles. The van der Waals surface area contributed by atoms with Crippen LogP contribution >= 0.6 is 0 Å². The van der Waals surface area contributed by atoms with E-state index in [9.17, 15) is 0 Å². The first-order valence-electron chi connectivity index (χ1n) is 14.3. The van der Waals surface area contributed by atoms with Crippen molar-refractivity contribution in [2.24, 2.45) is 0 Å². The van der Waals surface area contributed by atoms with Crippen molar-refractivity contribution < 1.29 is 4.42 Å². The Morgan fingerprint density at radius 2 is 0.976 bits per heavy atom.